The van der Waals surface area contributed by atoms with Crippen molar-refractivity contribution in [2.24, 2.45) is 10.9 Å². The zero-order valence-corrected chi connectivity index (χ0v) is 14.1. The molecule has 0 bridgehead atoms. The normalized spacial score (nSPS) is 17.9. The Morgan fingerprint density at radius 1 is 1.08 bits per heavy atom. The van der Waals surface area contributed by atoms with Crippen LogP contribution < -0.4 is 4.74 Å². The second-order valence-corrected chi connectivity index (χ2v) is 6.33. The molecule has 0 atom stereocenters. The first-order chi connectivity index (χ1) is 11.6. The monoisotopic (exact) mass is 325 g/mol. The molecule has 4 heteroatoms. The summed E-state index contributed by atoms with van der Waals surface area (Å²) in [5.41, 5.74) is 2.01. The summed E-state index contributed by atoms with van der Waals surface area (Å²) in [5.74, 6) is 0.493. The fourth-order valence-corrected chi connectivity index (χ4v) is 2.38. The number of rotatable bonds is 5. The van der Waals surface area contributed by atoms with Crippen LogP contribution in [0, 0.1) is 5.92 Å². The average molecular weight is 325 g/mol. The quantitative estimate of drug-likeness (QED) is 0.767. The number of hydrogen-bond donors (Lipinski definition) is 0. The minimum Gasteiger partial charge on any atom is -0.489 e. The molecule has 0 amide bonds. The first-order valence-corrected chi connectivity index (χ1v) is 8.20. The molecule has 2 aromatic carbocycles. The maximum atomic E-state index is 5.83. The van der Waals surface area contributed by atoms with Gasteiger partial charge < -0.3 is 14.2 Å². The first-order valence-electron chi connectivity index (χ1n) is 8.20. The predicted octanol–water partition coefficient (Wildman–Crippen LogP) is 4.37. The number of nitrogens with zero attached hydrogens (tertiary/aromatic N) is 1. The summed E-state index contributed by atoms with van der Waals surface area (Å²) in [5, 5.41) is 0. The molecule has 1 fully saturated rings. The van der Waals surface area contributed by atoms with Gasteiger partial charge in [-0.2, -0.15) is 0 Å². The van der Waals surface area contributed by atoms with E-state index in [-0.39, 0.29) is 5.92 Å². The molecule has 1 aliphatic heterocycles. The molecule has 0 aliphatic carbocycles. The van der Waals surface area contributed by atoms with Gasteiger partial charge >= 0.3 is 0 Å². The molecule has 0 radical (unpaired) electrons. The van der Waals surface area contributed by atoms with E-state index in [0.717, 1.165) is 17.0 Å². The number of hydrogen-bond acceptors (Lipinski definition) is 4. The van der Waals surface area contributed by atoms with Gasteiger partial charge in [-0.05, 0) is 31.5 Å². The van der Waals surface area contributed by atoms with Gasteiger partial charge in [0.1, 0.15) is 12.4 Å². The van der Waals surface area contributed by atoms with Gasteiger partial charge in [-0.25, -0.2) is 0 Å². The van der Waals surface area contributed by atoms with E-state index >= 15 is 0 Å². The van der Waals surface area contributed by atoms with Crippen LogP contribution in [-0.4, -0.2) is 25.2 Å². The molecule has 0 unspecified atom stereocenters. The molecular weight excluding hydrogens is 302 g/mol. The highest BCUT2D eigenvalue weighted by atomic mass is 16.7. The smallest absolute Gasteiger partial charge is 0.162 e. The molecule has 0 spiro atoms. The van der Waals surface area contributed by atoms with E-state index in [1.165, 1.54) is 0 Å². The van der Waals surface area contributed by atoms with Crippen LogP contribution in [-0.2, 0) is 16.1 Å². The highest BCUT2D eigenvalue weighted by molar-refractivity contribution is 5.66. The standard InChI is InChI=1S/C20H23NO3/c1-20(2)23-14-17(15-24-20)12-21-18-9-6-10-19(11-18)22-13-16-7-4-3-5-8-16/h3-12,17H,13-15H2,1-2H3. The van der Waals surface area contributed by atoms with Crippen molar-refractivity contribution in [2.75, 3.05) is 13.2 Å². The Morgan fingerprint density at radius 2 is 1.83 bits per heavy atom. The second-order valence-electron chi connectivity index (χ2n) is 6.33. The third-order valence-electron chi connectivity index (χ3n) is 3.79. The van der Waals surface area contributed by atoms with Gasteiger partial charge in [0.25, 0.3) is 0 Å². The van der Waals surface area contributed by atoms with Gasteiger partial charge in [-0.1, -0.05) is 36.4 Å². The molecule has 2 aromatic rings. The third-order valence-corrected chi connectivity index (χ3v) is 3.79. The second kappa shape index (κ2) is 7.60. The van der Waals surface area contributed by atoms with Crippen molar-refractivity contribution < 1.29 is 14.2 Å². The van der Waals surface area contributed by atoms with Crippen LogP contribution in [0.2, 0.25) is 0 Å². The van der Waals surface area contributed by atoms with E-state index in [1.807, 2.05) is 74.7 Å². The van der Waals surface area contributed by atoms with E-state index < -0.39 is 5.79 Å². The molecule has 126 valence electrons. The lowest BCUT2D eigenvalue weighted by Gasteiger charge is -2.33. The lowest BCUT2D eigenvalue weighted by Crippen LogP contribution is -2.39. The molecular formula is C20H23NO3. The van der Waals surface area contributed by atoms with Crippen LogP contribution >= 0.6 is 0 Å². The zero-order valence-electron chi connectivity index (χ0n) is 14.1. The Balaban J connectivity index is 1.56. The van der Waals surface area contributed by atoms with E-state index in [4.69, 9.17) is 14.2 Å². The molecule has 0 N–H and O–H groups in total. The minimum atomic E-state index is -0.491. The van der Waals surface area contributed by atoms with Gasteiger partial charge in [0, 0.05) is 18.2 Å². The lowest BCUT2D eigenvalue weighted by molar-refractivity contribution is -0.253. The number of ether oxygens (including phenoxy) is 3. The fourth-order valence-electron chi connectivity index (χ4n) is 2.38. The summed E-state index contributed by atoms with van der Waals surface area (Å²) in [6, 6.07) is 17.9. The molecule has 1 saturated heterocycles. The van der Waals surface area contributed by atoms with Gasteiger partial charge in [0.05, 0.1) is 18.9 Å². The van der Waals surface area contributed by atoms with Crippen molar-refractivity contribution in [2.45, 2.75) is 26.2 Å². The number of aliphatic imine (C=N–C) groups is 1. The maximum Gasteiger partial charge on any atom is 0.162 e. The Hall–Kier alpha value is -2.17. The topological polar surface area (TPSA) is 40.0 Å². The van der Waals surface area contributed by atoms with Gasteiger partial charge in [0.2, 0.25) is 0 Å². The van der Waals surface area contributed by atoms with Gasteiger partial charge in [-0.15, -0.1) is 0 Å². The summed E-state index contributed by atoms with van der Waals surface area (Å²) in [6.45, 7) is 5.65. The van der Waals surface area contributed by atoms with Crippen LogP contribution in [0.1, 0.15) is 19.4 Å². The largest absolute Gasteiger partial charge is 0.489 e. The van der Waals surface area contributed by atoms with Gasteiger partial charge in [0.15, 0.2) is 5.79 Å². The summed E-state index contributed by atoms with van der Waals surface area (Å²) in [4.78, 5) is 4.53. The van der Waals surface area contributed by atoms with Crippen LogP contribution in [0.15, 0.2) is 59.6 Å². The molecule has 24 heavy (non-hydrogen) atoms. The SMILES string of the molecule is CC1(C)OCC(C=Nc2cccc(OCc3ccccc3)c2)CO1. The summed E-state index contributed by atoms with van der Waals surface area (Å²) >= 11 is 0. The molecule has 1 heterocycles. The number of benzene rings is 2. The van der Waals surface area contributed by atoms with Crippen molar-refractivity contribution in [3.63, 3.8) is 0 Å². The highest BCUT2D eigenvalue weighted by Gasteiger charge is 2.27. The van der Waals surface area contributed by atoms with Crippen molar-refractivity contribution in [1.82, 2.24) is 0 Å². The Labute approximate surface area is 143 Å². The molecule has 3 rings (SSSR count). The zero-order chi connectivity index (χ0) is 16.8. The van der Waals surface area contributed by atoms with E-state index in [1.54, 1.807) is 0 Å². The molecule has 1 aliphatic rings. The first kappa shape index (κ1) is 16.7. The molecule has 4 nitrogen and oxygen atoms in total. The van der Waals surface area contributed by atoms with Crippen molar-refractivity contribution in [1.29, 1.82) is 0 Å². The van der Waals surface area contributed by atoms with Crippen molar-refractivity contribution >= 4 is 11.9 Å². The summed E-state index contributed by atoms with van der Waals surface area (Å²) in [6.07, 6.45) is 1.89. The van der Waals surface area contributed by atoms with Crippen LogP contribution in [0.3, 0.4) is 0 Å². The Kier molecular flexibility index (Phi) is 5.28. The third kappa shape index (κ3) is 4.91. The van der Waals surface area contributed by atoms with E-state index in [9.17, 15) is 0 Å². The lowest BCUT2D eigenvalue weighted by atomic mass is 10.1. The van der Waals surface area contributed by atoms with E-state index in [0.29, 0.717) is 19.8 Å². The molecule has 0 saturated carbocycles. The van der Waals surface area contributed by atoms with E-state index in [2.05, 4.69) is 4.99 Å². The molecule has 0 aromatic heterocycles. The minimum absolute atomic E-state index is 0.173. The Bertz CT molecular complexity index is 672. The summed E-state index contributed by atoms with van der Waals surface area (Å²) < 4.78 is 17.1. The Morgan fingerprint density at radius 3 is 2.58 bits per heavy atom. The summed E-state index contributed by atoms with van der Waals surface area (Å²) in [7, 11) is 0. The highest BCUT2D eigenvalue weighted by Crippen LogP contribution is 2.23. The average Bonchev–Trinajstić information content (AvgIpc) is 2.60. The van der Waals surface area contributed by atoms with Crippen LogP contribution in [0.5, 0.6) is 5.75 Å². The fraction of sp³-hybridized carbons (Fsp3) is 0.350. The maximum absolute atomic E-state index is 5.83. The van der Waals surface area contributed by atoms with Crippen molar-refractivity contribution in [3.8, 4) is 5.75 Å². The predicted molar refractivity (Wildman–Crippen MR) is 94.8 cm³/mol. The van der Waals surface area contributed by atoms with Crippen molar-refractivity contribution in [3.05, 3.63) is 60.2 Å². The van der Waals surface area contributed by atoms with Gasteiger partial charge in [-0.3, -0.25) is 4.99 Å². The van der Waals surface area contributed by atoms with Crippen LogP contribution in [0.25, 0.3) is 0 Å². The van der Waals surface area contributed by atoms with Crippen LogP contribution in [0.4, 0.5) is 5.69 Å².